The Morgan fingerprint density at radius 2 is 1.83 bits per heavy atom. The van der Waals surface area contributed by atoms with Gasteiger partial charge in [-0.15, -0.1) is 6.42 Å². The molecule has 1 N–H and O–H groups in total. The van der Waals surface area contributed by atoms with Gasteiger partial charge in [0.25, 0.3) is 11.8 Å². The number of carbonyl (C=O) groups is 2. The van der Waals surface area contributed by atoms with Crippen LogP contribution in [0.3, 0.4) is 0 Å². The topological polar surface area (TPSA) is 52.7 Å². The van der Waals surface area contributed by atoms with Crippen molar-refractivity contribution < 1.29 is 9.59 Å². The second-order valence-electron chi connectivity index (χ2n) is 7.19. The molecule has 5 heteroatoms. The lowest BCUT2D eigenvalue weighted by molar-refractivity contribution is -0.141. The van der Waals surface area contributed by atoms with Gasteiger partial charge in [0.1, 0.15) is 0 Å². The number of rotatable bonds is 2. The summed E-state index contributed by atoms with van der Waals surface area (Å²) in [6, 6.07) is 0.375. The van der Waals surface area contributed by atoms with E-state index in [0.29, 0.717) is 18.5 Å². The Morgan fingerprint density at radius 1 is 1.13 bits per heavy atom. The minimum absolute atomic E-state index is 0.00775. The fourth-order valence-electron chi connectivity index (χ4n) is 4.70. The molecule has 2 amide bonds. The third-order valence-electron chi connectivity index (χ3n) is 5.84. The van der Waals surface area contributed by atoms with Gasteiger partial charge in [-0.05, 0) is 50.9 Å². The molecule has 2 aliphatic carbocycles. The number of imide groups is 1. The van der Waals surface area contributed by atoms with E-state index in [4.69, 9.17) is 6.42 Å². The molecule has 4 aliphatic rings. The van der Waals surface area contributed by atoms with E-state index in [1.807, 2.05) is 0 Å². The lowest BCUT2D eigenvalue weighted by atomic mass is 9.82. The van der Waals surface area contributed by atoms with Crippen LogP contribution in [0.5, 0.6) is 0 Å². The molecule has 5 nitrogen and oxygen atoms in total. The molecule has 2 fully saturated rings. The summed E-state index contributed by atoms with van der Waals surface area (Å²) in [4.78, 5) is 27.0. The van der Waals surface area contributed by atoms with Gasteiger partial charge < -0.3 is 0 Å². The van der Waals surface area contributed by atoms with Gasteiger partial charge in [0, 0.05) is 29.8 Å². The van der Waals surface area contributed by atoms with Gasteiger partial charge in [0.15, 0.2) is 0 Å². The van der Waals surface area contributed by atoms with Crippen LogP contribution in [0.1, 0.15) is 44.9 Å². The van der Waals surface area contributed by atoms with Gasteiger partial charge in [-0.25, -0.2) is 5.01 Å². The third kappa shape index (κ3) is 2.41. The highest BCUT2D eigenvalue weighted by Crippen LogP contribution is 2.38. The average molecular weight is 313 g/mol. The van der Waals surface area contributed by atoms with Crippen molar-refractivity contribution in [3.63, 3.8) is 0 Å². The normalized spacial score (nSPS) is 34.6. The molecule has 0 aromatic carbocycles. The van der Waals surface area contributed by atoms with E-state index >= 15 is 0 Å². The molecule has 0 spiro atoms. The Bertz CT molecular complexity index is 590. The molecule has 1 saturated carbocycles. The zero-order valence-corrected chi connectivity index (χ0v) is 13.4. The van der Waals surface area contributed by atoms with Gasteiger partial charge in [-0.3, -0.25) is 19.9 Å². The third-order valence-corrected chi connectivity index (χ3v) is 5.84. The molecule has 0 radical (unpaired) electrons. The zero-order chi connectivity index (χ0) is 16.0. The molecular formula is C18H23N3O2. The summed E-state index contributed by atoms with van der Waals surface area (Å²) < 4.78 is 0. The SMILES string of the molecule is C#CCN1CC2CCC(N3C(=O)C4=C(CCCC4)C3=O)CC2N1. The number of nitrogens with one attached hydrogen (secondary N) is 1. The zero-order valence-electron chi connectivity index (χ0n) is 13.4. The Kier molecular flexibility index (Phi) is 3.74. The van der Waals surface area contributed by atoms with Crippen molar-refractivity contribution in [1.29, 1.82) is 0 Å². The molecule has 0 aromatic heterocycles. The predicted octanol–water partition coefficient (Wildman–Crippen LogP) is 1.22. The summed E-state index contributed by atoms with van der Waals surface area (Å²) >= 11 is 0. The molecule has 23 heavy (non-hydrogen) atoms. The van der Waals surface area contributed by atoms with Gasteiger partial charge in [-0.1, -0.05) is 5.92 Å². The lowest BCUT2D eigenvalue weighted by Gasteiger charge is -2.35. The van der Waals surface area contributed by atoms with Crippen LogP contribution in [-0.4, -0.2) is 46.9 Å². The molecule has 2 heterocycles. The highest BCUT2D eigenvalue weighted by atomic mass is 16.2. The first-order chi connectivity index (χ1) is 11.2. The lowest BCUT2D eigenvalue weighted by Crippen LogP contribution is -2.48. The maximum absolute atomic E-state index is 12.7. The Balaban J connectivity index is 1.47. The fraction of sp³-hybridized carbons (Fsp3) is 0.667. The summed E-state index contributed by atoms with van der Waals surface area (Å²) in [5.41, 5.74) is 5.07. The van der Waals surface area contributed by atoms with Crippen LogP contribution in [0.2, 0.25) is 0 Å². The molecule has 122 valence electrons. The van der Waals surface area contributed by atoms with Crippen LogP contribution in [-0.2, 0) is 9.59 Å². The van der Waals surface area contributed by atoms with Crippen LogP contribution in [0.15, 0.2) is 11.1 Å². The summed E-state index contributed by atoms with van der Waals surface area (Å²) in [6.07, 6.45) is 11.8. The molecule has 3 atom stereocenters. The smallest absolute Gasteiger partial charge is 0.257 e. The van der Waals surface area contributed by atoms with Crippen LogP contribution in [0.4, 0.5) is 0 Å². The summed E-state index contributed by atoms with van der Waals surface area (Å²) in [6.45, 7) is 1.58. The standard InChI is InChI=1S/C18H23N3O2/c1-2-9-20-11-12-7-8-13(10-16(12)19-20)21-17(22)14-5-3-4-6-15(14)18(21)23/h1,12-13,16,19H,3-11H2. The van der Waals surface area contributed by atoms with Crippen molar-refractivity contribution in [2.75, 3.05) is 13.1 Å². The molecule has 3 unspecified atom stereocenters. The van der Waals surface area contributed by atoms with E-state index in [1.165, 1.54) is 0 Å². The number of hydrazine groups is 1. The Morgan fingerprint density at radius 3 is 2.48 bits per heavy atom. The van der Waals surface area contributed by atoms with E-state index < -0.39 is 0 Å². The first-order valence-electron chi connectivity index (χ1n) is 8.73. The maximum Gasteiger partial charge on any atom is 0.257 e. The monoisotopic (exact) mass is 313 g/mol. The van der Waals surface area contributed by atoms with Crippen molar-refractivity contribution >= 4 is 11.8 Å². The second-order valence-corrected chi connectivity index (χ2v) is 7.19. The first kappa shape index (κ1) is 14.9. The number of terminal acetylenes is 1. The fourth-order valence-corrected chi connectivity index (χ4v) is 4.70. The van der Waals surface area contributed by atoms with Gasteiger partial charge in [0.2, 0.25) is 0 Å². The van der Waals surface area contributed by atoms with Crippen LogP contribution in [0.25, 0.3) is 0 Å². The predicted molar refractivity (Wildman–Crippen MR) is 85.8 cm³/mol. The number of carbonyl (C=O) groups excluding carboxylic acids is 2. The van der Waals surface area contributed by atoms with E-state index in [1.54, 1.807) is 4.90 Å². The summed E-state index contributed by atoms with van der Waals surface area (Å²) in [5, 5.41) is 2.09. The largest absolute Gasteiger partial charge is 0.272 e. The quantitative estimate of drug-likeness (QED) is 0.615. The van der Waals surface area contributed by atoms with E-state index in [-0.39, 0.29) is 17.9 Å². The first-order valence-corrected chi connectivity index (χ1v) is 8.73. The van der Waals surface area contributed by atoms with Crippen LogP contribution >= 0.6 is 0 Å². The molecule has 1 saturated heterocycles. The Hall–Kier alpha value is -1.64. The van der Waals surface area contributed by atoms with Crippen molar-refractivity contribution in [2.24, 2.45) is 5.92 Å². The number of amides is 2. The Labute approximate surface area is 137 Å². The van der Waals surface area contributed by atoms with Gasteiger partial charge in [0.05, 0.1) is 6.54 Å². The molecule has 4 rings (SSSR count). The number of fused-ring (bicyclic) bond motifs is 1. The van der Waals surface area contributed by atoms with Crippen molar-refractivity contribution in [1.82, 2.24) is 15.3 Å². The van der Waals surface area contributed by atoms with Crippen molar-refractivity contribution in [3.8, 4) is 12.3 Å². The van der Waals surface area contributed by atoms with Crippen LogP contribution in [0, 0.1) is 18.3 Å². The molecule has 0 bridgehead atoms. The van der Waals surface area contributed by atoms with Crippen LogP contribution < -0.4 is 5.43 Å². The van der Waals surface area contributed by atoms with Gasteiger partial charge in [-0.2, -0.15) is 0 Å². The number of hydrogen-bond donors (Lipinski definition) is 1. The minimum Gasteiger partial charge on any atom is -0.272 e. The highest BCUT2D eigenvalue weighted by Gasteiger charge is 2.46. The maximum atomic E-state index is 12.7. The van der Waals surface area contributed by atoms with Crippen molar-refractivity contribution in [3.05, 3.63) is 11.1 Å². The average Bonchev–Trinajstić information content (AvgIpc) is 3.07. The minimum atomic E-state index is -0.00775. The summed E-state index contributed by atoms with van der Waals surface area (Å²) in [5.74, 6) is 3.23. The van der Waals surface area contributed by atoms with Crippen molar-refractivity contribution in [2.45, 2.75) is 57.0 Å². The number of nitrogens with zero attached hydrogens (tertiary/aromatic N) is 2. The molecule has 2 aliphatic heterocycles. The van der Waals surface area contributed by atoms with E-state index in [0.717, 1.165) is 62.6 Å². The number of hydrogen-bond acceptors (Lipinski definition) is 4. The summed E-state index contributed by atoms with van der Waals surface area (Å²) in [7, 11) is 0. The van der Waals surface area contributed by atoms with Gasteiger partial charge >= 0.3 is 0 Å². The second kappa shape index (κ2) is 5.77. The molecule has 0 aromatic rings. The molecular weight excluding hydrogens is 290 g/mol. The van der Waals surface area contributed by atoms with E-state index in [9.17, 15) is 9.59 Å². The van der Waals surface area contributed by atoms with E-state index in [2.05, 4.69) is 16.4 Å². The highest BCUT2D eigenvalue weighted by molar-refractivity contribution is 6.19.